The summed E-state index contributed by atoms with van der Waals surface area (Å²) in [7, 11) is 1.61. The lowest BCUT2D eigenvalue weighted by Gasteiger charge is -2.41. The smallest absolute Gasteiger partial charge is 0.159 e. The topological polar surface area (TPSA) is 41.9 Å². The number of aliphatic imine (C=N–C) groups is 1. The zero-order valence-electron chi connectivity index (χ0n) is 24.8. The molecule has 0 fully saturated rings. The number of hydrogen-bond acceptors (Lipinski definition) is 4. The zero-order chi connectivity index (χ0) is 28.6. The fraction of sp³-hybridized carbons (Fsp3) is 0.412. The Morgan fingerprint density at radius 1 is 1.00 bits per heavy atom. The van der Waals surface area contributed by atoms with Gasteiger partial charge in [0.1, 0.15) is 0 Å². The molecule has 0 aliphatic carbocycles. The van der Waals surface area contributed by atoms with E-state index in [9.17, 15) is 4.79 Å². The van der Waals surface area contributed by atoms with Gasteiger partial charge in [-0.2, -0.15) is 0 Å². The number of methoxy groups -OCH3 is 1. The SMILES string of the molecule is C=C(C)/C=C/OC.CC(C)(C)C1CC(=O)C=CN1Cc1ccccc1.CC(C)(C)C=NCc1ccccc1. The first-order chi connectivity index (χ1) is 17.8. The second kappa shape index (κ2) is 16.4. The van der Waals surface area contributed by atoms with Gasteiger partial charge in [-0.3, -0.25) is 9.79 Å². The third kappa shape index (κ3) is 15.0. The maximum Gasteiger partial charge on any atom is 0.159 e. The Morgan fingerprint density at radius 3 is 2.00 bits per heavy atom. The molecule has 0 N–H and O–H groups in total. The minimum absolute atomic E-state index is 0.106. The average molecular weight is 517 g/mol. The molecule has 4 heteroatoms. The highest BCUT2D eigenvalue weighted by Gasteiger charge is 2.32. The molecule has 206 valence electrons. The summed E-state index contributed by atoms with van der Waals surface area (Å²) < 4.78 is 4.61. The van der Waals surface area contributed by atoms with Gasteiger partial charge < -0.3 is 9.64 Å². The number of ketones is 1. The van der Waals surface area contributed by atoms with E-state index in [1.807, 2.05) is 43.6 Å². The van der Waals surface area contributed by atoms with Crippen molar-refractivity contribution in [2.45, 2.75) is 74.0 Å². The summed E-state index contributed by atoms with van der Waals surface area (Å²) in [6, 6.07) is 21.0. The second-order valence-corrected chi connectivity index (χ2v) is 11.7. The summed E-state index contributed by atoms with van der Waals surface area (Å²) in [5.74, 6) is 0.235. The summed E-state index contributed by atoms with van der Waals surface area (Å²) in [5.41, 5.74) is 3.85. The van der Waals surface area contributed by atoms with E-state index in [-0.39, 0.29) is 22.7 Å². The number of carbonyl (C=O) groups is 1. The lowest BCUT2D eigenvalue weighted by molar-refractivity contribution is -0.117. The molecule has 0 bridgehead atoms. The highest BCUT2D eigenvalue weighted by molar-refractivity contribution is 5.90. The molecule has 1 unspecified atom stereocenters. The summed E-state index contributed by atoms with van der Waals surface area (Å²) in [6.45, 7) is 20.2. The molecule has 1 aliphatic heterocycles. The minimum Gasteiger partial charge on any atom is -0.504 e. The largest absolute Gasteiger partial charge is 0.504 e. The van der Waals surface area contributed by atoms with Crippen LogP contribution in [-0.4, -0.2) is 30.0 Å². The molecule has 1 atom stereocenters. The number of nitrogens with zero attached hydrogens (tertiary/aromatic N) is 2. The van der Waals surface area contributed by atoms with Crippen molar-refractivity contribution in [3.63, 3.8) is 0 Å². The van der Waals surface area contributed by atoms with E-state index in [0.717, 1.165) is 18.7 Å². The van der Waals surface area contributed by atoms with Gasteiger partial charge in [0, 0.05) is 31.4 Å². The Balaban J connectivity index is 0.000000316. The molecule has 38 heavy (non-hydrogen) atoms. The number of rotatable bonds is 6. The quantitative estimate of drug-likeness (QED) is 0.220. The van der Waals surface area contributed by atoms with E-state index in [0.29, 0.717) is 6.42 Å². The van der Waals surface area contributed by atoms with Crippen LogP contribution in [0.3, 0.4) is 0 Å². The highest BCUT2D eigenvalue weighted by Crippen LogP contribution is 2.31. The van der Waals surface area contributed by atoms with Crippen LogP contribution >= 0.6 is 0 Å². The minimum atomic E-state index is 0.106. The molecule has 0 aromatic heterocycles. The molecule has 4 nitrogen and oxygen atoms in total. The Labute approximate surface area is 231 Å². The van der Waals surface area contributed by atoms with Crippen LogP contribution in [0, 0.1) is 10.8 Å². The number of hydrogen-bond donors (Lipinski definition) is 0. The summed E-state index contributed by atoms with van der Waals surface area (Å²) >= 11 is 0. The van der Waals surface area contributed by atoms with E-state index >= 15 is 0 Å². The van der Waals surface area contributed by atoms with Crippen LogP contribution in [0.1, 0.15) is 66.0 Å². The van der Waals surface area contributed by atoms with Gasteiger partial charge in [0.05, 0.1) is 19.9 Å². The van der Waals surface area contributed by atoms with Crippen LogP contribution < -0.4 is 0 Å². The van der Waals surface area contributed by atoms with E-state index in [4.69, 9.17) is 0 Å². The first-order valence-electron chi connectivity index (χ1n) is 13.2. The Morgan fingerprint density at radius 2 is 1.55 bits per heavy atom. The van der Waals surface area contributed by atoms with Gasteiger partial charge in [-0.1, -0.05) is 114 Å². The monoisotopic (exact) mass is 516 g/mol. The summed E-state index contributed by atoms with van der Waals surface area (Å²) in [6.07, 6.45) is 9.69. The van der Waals surface area contributed by atoms with Crippen LogP contribution in [0.15, 0.2) is 102 Å². The molecule has 2 aromatic carbocycles. The number of allylic oxidation sites excluding steroid dienone is 3. The molecule has 0 radical (unpaired) electrons. The van der Waals surface area contributed by atoms with Crippen molar-refractivity contribution in [3.05, 3.63) is 109 Å². The predicted octanol–water partition coefficient (Wildman–Crippen LogP) is 8.42. The fourth-order valence-corrected chi connectivity index (χ4v) is 3.61. The van der Waals surface area contributed by atoms with Gasteiger partial charge in [-0.05, 0) is 41.0 Å². The molecule has 0 spiro atoms. The van der Waals surface area contributed by atoms with Gasteiger partial charge in [0.2, 0.25) is 0 Å². The first kappa shape index (κ1) is 32.6. The van der Waals surface area contributed by atoms with E-state index in [2.05, 4.69) is 99.1 Å². The molecular weight excluding hydrogens is 468 g/mol. The third-order valence-corrected chi connectivity index (χ3v) is 5.54. The van der Waals surface area contributed by atoms with Gasteiger partial charge in [0.25, 0.3) is 0 Å². The van der Waals surface area contributed by atoms with Crippen molar-refractivity contribution in [3.8, 4) is 0 Å². The van der Waals surface area contributed by atoms with Crippen molar-refractivity contribution < 1.29 is 9.53 Å². The van der Waals surface area contributed by atoms with Crippen LogP contribution in [-0.2, 0) is 22.6 Å². The van der Waals surface area contributed by atoms with Gasteiger partial charge >= 0.3 is 0 Å². The molecule has 1 aliphatic rings. The molecular formula is C34H48N2O2. The zero-order valence-corrected chi connectivity index (χ0v) is 24.8. The van der Waals surface area contributed by atoms with E-state index in [1.54, 1.807) is 25.5 Å². The van der Waals surface area contributed by atoms with Crippen molar-refractivity contribution >= 4 is 12.0 Å². The normalized spacial score (nSPS) is 15.5. The Kier molecular flexibility index (Phi) is 14.1. The predicted molar refractivity (Wildman–Crippen MR) is 163 cm³/mol. The maximum absolute atomic E-state index is 11.6. The Hall–Kier alpha value is -3.40. The standard InChI is InChI=1S/C16H21NO.C12H17N.C6H10O/c1-16(2,3)15-11-14(18)9-10-17(15)12-13-7-5-4-6-8-13;1-12(2,3)10-13-9-11-7-5-4-6-8-11;1-6(2)4-5-7-3/h4-10,15H,11-12H2,1-3H3;4-8,10H,9H2,1-3H3;4-5H,1H2,2-3H3/b;;5-4+. The van der Waals surface area contributed by atoms with Gasteiger partial charge in [-0.15, -0.1) is 0 Å². The summed E-state index contributed by atoms with van der Waals surface area (Å²) in [4.78, 5) is 18.3. The van der Waals surface area contributed by atoms with Crippen LogP contribution in [0.25, 0.3) is 0 Å². The molecule has 3 rings (SSSR count). The average Bonchev–Trinajstić information content (AvgIpc) is 2.84. The van der Waals surface area contributed by atoms with Crippen LogP contribution in [0.4, 0.5) is 0 Å². The molecule has 0 saturated carbocycles. The van der Waals surface area contributed by atoms with Crippen LogP contribution in [0.5, 0.6) is 0 Å². The fourth-order valence-electron chi connectivity index (χ4n) is 3.61. The van der Waals surface area contributed by atoms with Crippen molar-refractivity contribution in [2.75, 3.05) is 7.11 Å². The number of benzene rings is 2. The second-order valence-electron chi connectivity index (χ2n) is 11.7. The van der Waals surface area contributed by atoms with E-state index in [1.165, 1.54) is 11.1 Å². The number of ether oxygens (including phenoxy) is 1. The molecule has 0 amide bonds. The van der Waals surface area contributed by atoms with Gasteiger partial charge in [0.15, 0.2) is 5.78 Å². The maximum atomic E-state index is 11.6. The van der Waals surface area contributed by atoms with Crippen molar-refractivity contribution in [1.29, 1.82) is 0 Å². The first-order valence-corrected chi connectivity index (χ1v) is 13.2. The highest BCUT2D eigenvalue weighted by atomic mass is 16.5. The van der Waals surface area contributed by atoms with Gasteiger partial charge in [-0.25, -0.2) is 0 Å². The summed E-state index contributed by atoms with van der Waals surface area (Å²) in [5, 5.41) is 0. The molecule has 2 aromatic rings. The number of carbonyl (C=O) groups excluding carboxylic acids is 1. The Bertz CT molecular complexity index is 1040. The van der Waals surface area contributed by atoms with Crippen molar-refractivity contribution in [2.24, 2.45) is 15.8 Å². The molecule has 0 saturated heterocycles. The van der Waals surface area contributed by atoms with Crippen molar-refractivity contribution in [1.82, 2.24) is 4.90 Å². The third-order valence-electron chi connectivity index (χ3n) is 5.54. The van der Waals surface area contributed by atoms with E-state index < -0.39 is 0 Å². The lowest BCUT2D eigenvalue weighted by atomic mass is 9.81. The molecule has 1 heterocycles. The van der Waals surface area contributed by atoms with Crippen LogP contribution in [0.2, 0.25) is 0 Å². The lowest BCUT2D eigenvalue weighted by Crippen LogP contribution is -2.44.